The van der Waals surface area contributed by atoms with Crippen molar-refractivity contribution in [3.63, 3.8) is 0 Å². The molecule has 3 aromatic rings. The minimum Gasteiger partial charge on any atom is -0.423 e. The molecule has 0 unspecified atom stereocenters. The molecule has 0 atom stereocenters. The number of hydrogen-bond donors (Lipinski definition) is 0. The SMILES string of the molecule is O=C(Oc1cccc(/C=C2\SC(=O)N(Cc3c(F)cccc3Cl)C2=O)c1)c1ccc([N+](=O)[O-])cc1. The molecule has 1 fully saturated rings. The molecule has 0 N–H and O–H groups in total. The van der Waals surface area contributed by atoms with Crippen LogP contribution in [-0.4, -0.2) is 26.9 Å². The van der Waals surface area contributed by atoms with Crippen LogP contribution in [0.25, 0.3) is 6.08 Å². The zero-order valence-electron chi connectivity index (χ0n) is 17.6. The van der Waals surface area contributed by atoms with Gasteiger partial charge in [-0.05, 0) is 59.8 Å². The van der Waals surface area contributed by atoms with Crippen LogP contribution in [0.3, 0.4) is 0 Å². The van der Waals surface area contributed by atoms with E-state index in [9.17, 15) is 28.9 Å². The van der Waals surface area contributed by atoms with Gasteiger partial charge in [0, 0.05) is 22.7 Å². The normalized spacial score (nSPS) is 14.5. The number of esters is 1. The van der Waals surface area contributed by atoms with Crippen molar-refractivity contribution in [1.82, 2.24) is 4.90 Å². The van der Waals surface area contributed by atoms with Crippen LogP contribution < -0.4 is 4.74 Å². The number of imide groups is 1. The van der Waals surface area contributed by atoms with E-state index in [-0.39, 0.29) is 39.0 Å². The Morgan fingerprint density at radius 2 is 1.83 bits per heavy atom. The zero-order valence-corrected chi connectivity index (χ0v) is 19.2. The van der Waals surface area contributed by atoms with Crippen LogP contribution in [-0.2, 0) is 11.3 Å². The van der Waals surface area contributed by atoms with Crippen molar-refractivity contribution >= 4 is 52.2 Å². The number of rotatable bonds is 6. The largest absolute Gasteiger partial charge is 0.423 e. The molecule has 3 aromatic carbocycles. The summed E-state index contributed by atoms with van der Waals surface area (Å²) in [5.74, 6) is -1.78. The van der Waals surface area contributed by atoms with E-state index >= 15 is 0 Å². The van der Waals surface area contributed by atoms with Crippen LogP contribution in [0.15, 0.2) is 71.6 Å². The van der Waals surface area contributed by atoms with Gasteiger partial charge < -0.3 is 4.74 Å². The number of hydrogen-bond acceptors (Lipinski definition) is 7. The lowest BCUT2D eigenvalue weighted by molar-refractivity contribution is -0.384. The molecule has 35 heavy (non-hydrogen) atoms. The van der Waals surface area contributed by atoms with Crippen molar-refractivity contribution in [2.45, 2.75) is 6.54 Å². The van der Waals surface area contributed by atoms with Crippen LogP contribution in [0.4, 0.5) is 14.9 Å². The lowest BCUT2D eigenvalue weighted by Gasteiger charge is -2.14. The molecular weight excluding hydrogens is 499 g/mol. The van der Waals surface area contributed by atoms with Gasteiger partial charge >= 0.3 is 5.97 Å². The third-order valence-corrected chi connectivity index (χ3v) is 6.19. The summed E-state index contributed by atoms with van der Waals surface area (Å²) in [4.78, 5) is 48.7. The topological polar surface area (TPSA) is 107 Å². The van der Waals surface area contributed by atoms with Crippen molar-refractivity contribution in [2.75, 3.05) is 0 Å². The van der Waals surface area contributed by atoms with Crippen molar-refractivity contribution < 1.29 is 28.4 Å². The molecular formula is C24H14ClFN2O6S. The molecule has 1 aliphatic heterocycles. The van der Waals surface area contributed by atoms with Gasteiger partial charge in [-0.3, -0.25) is 24.6 Å². The fraction of sp³-hybridized carbons (Fsp3) is 0.0417. The van der Waals surface area contributed by atoms with E-state index in [4.69, 9.17) is 16.3 Å². The number of thioether (sulfide) groups is 1. The van der Waals surface area contributed by atoms with E-state index in [2.05, 4.69) is 0 Å². The van der Waals surface area contributed by atoms with E-state index in [0.29, 0.717) is 17.3 Å². The number of nitro groups is 1. The number of nitro benzene ring substituents is 1. The first-order chi connectivity index (χ1) is 16.7. The Hall–Kier alpha value is -4.02. The van der Waals surface area contributed by atoms with Gasteiger partial charge in [0.2, 0.25) is 0 Å². The van der Waals surface area contributed by atoms with Crippen LogP contribution in [0.5, 0.6) is 5.75 Å². The van der Waals surface area contributed by atoms with Gasteiger partial charge in [-0.2, -0.15) is 0 Å². The van der Waals surface area contributed by atoms with Gasteiger partial charge in [-0.1, -0.05) is 29.8 Å². The quantitative estimate of drug-likeness (QED) is 0.134. The number of ether oxygens (including phenoxy) is 1. The van der Waals surface area contributed by atoms with E-state index < -0.39 is 27.9 Å². The van der Waals surface area contributed by atoms with Gasteiger partial charge in [-0.25, -0.2) is 9.18 Å². The number of non-ortho nitro benzene ring substituents is 1. The van der Waals surface area contributed by atoms with Gasteiger partial charge in [-0.15, -0.1) is 0 Å². The molecule has 1 saturated heterocycles. The molecule has 0 saturated carbocycles. The summed E-state index contributed by atoms with van der Waals surface area (Å²) in [7, 11) is 0. The maximum Gasteiger partial charge on any atom is 0.343 e. The Labute approximate surface area is 207 Å². The molecule has 8 nitrogen and oxygen atoms in total. The number of halogens is 2. The summed E-state index contributed by atoms with van der Waals surface area (Å²) in [6.07, 6.45) is 1.46. The third-order valence-electron chi connectivity index (χ3n) is 4.93. The summed E-state index contributed by atoms with van der Waals surface area (Å²) in [6.45, 7) is -0.305. The molecule has 0 bridgehead atoms. The smallest absolute Gasteiger partial charge is 0.343 e. The number of amides is 2. The molecule has 0 aliphatic carbocycles. The molecule has 0 aromatic heterocycles. The van der Waals surface area contributed by atoms with Gasteiger partial charge in [0.1, 0.15) is 11.6 Å². The van der Waals surface area contributed by atoms with Gasteiger partial charge in [0.05, 0.1) is 21.9 Å². The van der Waals surface area contributed by atoms with Crippen LogP contribution >= 0.6 is 23.4 Å². The second-order valence-electron chi connectivity index (χ2n) is 7.23. The lowest BCUT2D eigenvalue weighted by Crippen LogP contribution is -2.28. The second-order valence-corrected chi connectivity index (χ2v) is 8.63. The summed E-state index contributed by atoms with van der Waals surface area (Å²) < 4.78 is 19.4. The maximum atomic E-state index is 14.1. The highest BCUT2D eigenvalue weighted by Gasteiger charge is 2.35. The van der Waals surface area contributed by atoms with Crippen molar-refractivity contribution in [1.29, 1.82) is 0 Å². The lowest BCUT2D eigenvalue weighted by atomic mass is 10.1. The summed E-state index contributed by atoms with van der Waals surface area (Å²) in [5.41, 5.74) is 0.481. The fourth-order valence-electron chi connectivity index (χ4n) is 3.18. The highest BCUT2D eigenvalue weighted by atomic mass is 35.5. The predicted molar refractivity (Wildman–Crippen MR) is 127 cm³/mol. The molecule has 176 valence electrons. The number of benzene rings is 3. The van der Waals surface area contributed by atoms with E-state index in [1.807, 2.05) is 0 Å². The van der Waals surface area contributed by atoms with Gasteiger partial charge in [0.15, 0.2) is 0 Å². The minimum absolute atomic E-state index is 0.0397. The van der Waals surface area contributed by atoms with Gasteiger partial charge in [0.25, 0.3) is 16.8 Å². The molecule has 1 heterocycles. The fourth-order valence-corrected chi connectivity index (χ4v) is 4.24. The molecule has 11 heteroatoms. The maximum absolute atomic E-state index is 14.1. The van der Waals surface area contributed by atoms with Crippen LogP contribution in [0.2, 0.25) is 5.02 Å². The Morgan fingerprint density at radius 1 is 1.11 bits per heavy atom. The van der Waals surface area contributed by atoms with E-state index in [0.717, 1.165) is 4.90 Å². The first-order valence-corrected chi connectivity index (χ1v) is 11.2. The predicted octanol–water partition coefficient (Wildman–Crippen LogP) is 5.84. The molecule has 0 radical (unpaired) electrons. The Bertz CT molecular complexity index is 1370. The number of carbonyl (C=O) groups excluding carboxylic acids is 3. The van der Waals surface area contributed by atoms with Crippen molar-refractivity contribution in [3.8, 4) is 5.75 Å². The highest BCUT2D eigenvalue weighted by molar-refractivity contribution is 8.18. The first kappa shape index (κ1) is 24.1. The highest BCUT2D eigenvalue weighted by Crippen LogP contribution is 2.35. The summed E-state index contributed by atoms with van der Waals surface area (Å²) in [6, 6.07) is 15.3. The molecule has 2 amide bonds. The standard InChI is InChI=1S/C24H14ClFN2O6S/c25-19-5-2-6-20(26)18(19)13-27-22(29)21(35-24(27)31)12-14-3-1-4-17(11-14)34-23(30)15-7-9-16(10-8-15)28(32)33/h1-12H,13H2/b21-12-. The monoisotopic (exact) mass is 512 g/mol. The number of nitrogens with zero attached hydrogens (tertiary/aromatic N) is 2. The second kappa shape index (κ2) is 10.1. The average Bonchev–Trinajstić information content (AvgIpc) is 3.08. The van der Waals surface area contributed by atoms with E-state index in [1.54, 1.807) is 12.1 Å². The summed E-state index contributed by atoms with van der Waals surface area (Å²) >= 11 is 6.71. The van der Waals surface area contributed by atoms with Crippen LogP contribution in [0, 0.1) is 15.9 Å². The Balaban J connectivity index is 1.49. The summed E-state index contributed by atoms with van der Waals surface area (Å²) in [5, 5.41) is 10.3. The molecule has 1 aliphatic rings. The molecule has 4 rings (SSSR count). The Kier molecular flexibility index (Phi) is 6.94. The number of carbonyl (C=O) groups is 3. The van der Waals surface area contributed by atoms with Crippen molar-refractivity contribution in [2.24, 2.45) is 0 Å². The van der Waals surface area contributed by atoms with Crippen molar-refractivity contribution in [3.05, 3.63) is 109 Å². The third kappa shape index (κ3) is 5.39. The first-order valence-electron chi connectivity index (χ1n) is 9.98. The average molecular weight is 513 g/mol. The van der Waals surface area contributed by atoms with E-state index in [1.165, 1.54) is 60.7 Å². The minimum atomic E-state index is -0.723. The molecule has 0 spiro atoms. The van der Waals surface area contributed by atoms with Crippen LogP contribution in [0.1, 0.15) is 21.5 Å². The Morgan fingerprint density at radius 3 is 2.51 bits per heavy atom. The zero-order chi connectivity index (χ0) is 25.1.